The third-order valence-corrected chi connectivity index (χ3v) is 2.78. The number of phenols is 2. The van der Waals surface area contributed by atoms with Crippen LogP contribution in [0.25, 0.3) is 0 Å². The zero-order valence-electron chi connectivity index (χ0n) is 9.47. The van der Waals surface area contributed by atoms with E-state index in [2.05, 4.69) is 10.0 Å². The quantitative estimate of drug-likeness (QED) is 0.528. The van der Waals surface area contributed by atoms with Crippen molar-refractivity contribution < 1.29 is 18.6 Å². The summed E-state index contributed by atoms with van der Waals surface area (Å²) in [4.78, 5) is 0. The van der Waals surface area contributed by atoms with E-state index >= 15 is 0 Å². The maximum absolute atomic E-state index is 10.7. The van der Waals surface area contributed by atoms with Crippen LogP contribution < -0.4 is 10.0 Å². The van der Waals surface area contributed by atoms with Gasteiger partial charge in [0.1, 0.15) is 11.5 Å². The molecule has 0 amide bonds. The van der Waals surface area contributed by atoms with E-state index in [9.17, 15) is 13.5 Å². The van der Waals surface area contributed by atoms with Crippen LogP contribution in [0.4, 0.5) is 0 Å². The Kier molecular flexibility index (Phi) is 4.73. The van der Waals surface area contributed by atoms with Gasteiger partial charge >= 0.3 is 0 Å². The highest BCUT2D eigenvalue weighted by Gasteiger charge is 2.02. The van der Waals surface area contributed by atoms with Crippen molar-refractivity contribution in [2.75, 3.05) is 19.3 Å². The van der Waals surface area contributed by atoms with Crippen LogP contribution >= 0.6 is 0 Å². The molecule has 1 aromatic rings. The van der Waals surface area contributed by atoms with Gasteiger partial charge in [-0.15, -0.1) is 0 Å². The summed E-state index contributed by atoms with van der Waals surface area (Å²) in [6, 6.07) is 4.33. The van der Waals surface area contributed by atoms with Gasteiger partial charge in [-0.05, 0) is 6.07 Å². The lowest BCUT2D eigenvalue weighted by molar-refractivity contribution is 0.443. The topological polar surface area (TPSA) is 98.7 Å². The summed E-state index contributed by atoms with van der Waals surface area (Å²) >= 11 is 0. The summed E-state index contributed by atoms with van der Waals surface area (Å²) in [5.74, 6) is 0.0126. The van der Waals surface area contributed by atoms with Crippen LogP contribution in [0.2, 0.25) is 0 Å². The highest BCUT2D eigenvalue weighted by atomic mass is 32.2. The minimum absolute atomic E-state index is 0.00462. The largest absolute Gasteiger partial charge is 0.508 e. The van der Waals surface area contributed by atoms with Gasteiger partial charge in [-0.2, -0.15) is 0 Å². The van der Waals surface area contributed by atoms with E-state index in [0.717, 1.165) is 6.26 Å². The van der Waals surface area contributed by atoms with Crippen molar-refractivity contribution in [1.82, 2.24) is 10.0 Å². The third kappa shape index (κ3) is 5.53. The average Bonchev–Trinajstić information content (AvgIpc) is 2.18. The summed E-state index contributed by atoms with van der Waals surface area (Å²) < 4.78 is 23.8. The molecule has 7 heteroatoms. The summed E-state index contributed by atoms with van der Waals surface area (Å²) in [7, 11) is -3.16. The number of nitrogens with one attached hydrogen (secondary N) is 2. The molecule has 0 aromatic heterocycles. The molecule has 6 nitrogen and oxygen atoms in total. The molecule has 0 aliphatic carbocycles. The number of sulfonamides is 1. The number of phenolic OH excluding ortho intramolecular Hbond substituents is 2. The first-order valence-corrected chi connectivity index (χ1v) is 6.94. The molecule has 0 radical (unpaired) electrons. The van der Waals surface area contributed by atoms with Crippen LogP contribution in [0.15, 0.2) is 18.2 Å². The highest BCUT2D eigenvalue weighted by molar-refractivity contribution is 7.88. The summed E-state index contributed by atoms with van der Waals surface area (Å²) in [5, 5.41) is 21.5. The first-order chi connectivity index (χ1) is 7.88. The molecule has 17 heavy (non-hydrogen) atoms. The van der Waals surface area contributed by atoms with Gasteiger partial charge in [-0.25, -0.2) is 13.1 Å². The number of rotatable bonds is 6. The maximum atomic E-state index is 10.7. The average molecular weight is 260 g/mol. The minimum Gasteiger partial charge on any atom is -0.508 e. The van der Waals surface area contributed by atoms with Crippen LogP contribution in [0.3, 0.4) is 0 Å². The molecule has 4 N–H and O–H groups in total. The van der Waals surface area contributed by atoms with E-state index in [1.54, 1.807) is 6.07 Å². The standard InChI is InChI=1S/C10H16N2O4S/c1-17(15,16)12-5-4-11-7-8-2-3-9(13)6-10(8)14/h2-3,6,11-14H,4-5,7H2,1H3. The first-order valence-electron chi connectivity index (χ1n) is 5.05. The van der Waals surface area contributed by atoms with Gasteiger partial charge in [0.05, 0.1) is 6.26 Å². The molecule has 1 rings (SSSR count). The second kappa shape index (κ2) is 5.85. The van der Waals surface area contributed by atoms with Gasteiger partial charge in [0.15, 0.2) is 0 Å². The Bertz CT molecular complexity index is 473. The lowest BCUT2D eigenvalue weighted by atomic mass is 10.2. The van der Waals surface area contributed by atoms with Gasteiger partial charge in [0.25, 0.3) is 0 Å². The molecular formula is C10H16N2O4S. The summed E-state index contributed by atoms with van der Waals surface area (Å²) in [6.45, 7) is 1.14. The monoisotopic (exact) mass is 260 g/mol. The predicted octanol–water partition coefficient (Wildman–Crippen LogP) is -0.263. The van der Waals surface area contributed by atoms with Crippen LogP contribution in [-0.2, 0) is 16.6 Å². The number of aromatic hydroxyl groups is 2. The van der Waals surface area contributed by atoms with Crippen molar-refractivity contribution in [1.29, 1.82) is 0 Å². The van der Waals surface area contributed by atoms with Crippen molar-refractivity contribution in [3.63, 3.8) is 0 Å². The Labute approximate surface area is 100 Å². The van der Waals surface area contributed by atoms with E-state index in [0.29, 0.717) is 18.7 Å². The van der Waals surface area contributed by atoms with Crippen molar-refractivity contribution in [3.8, 4) is 11.5 Å². The van der Waals surface area contributed by atoms with Crippen molar-refractivity contribution in [2.45, 2.75) is 6.54 Å². The Morgan fingerprint density at radius 3 is 2.53 bits per heavy atom. The Morgan fingerprint density at radius 1 is 1.24 bits per heavy atom. The van der Waals surface area contributed by atoms with Crippen molar-refractivity contribution >= 4 is 10.0 Å². The summed E-state index contributed by atoms with van der Waals surface area (Å²) in [5.41, 5.74) is 0.641. The SMILES string of the molecule is CS(=O)(=O)NCCNCc1ccc(O)cc1O. The molecule has 0 fully saturated rings. The van der Waals surface area contributed by atoms with Crippen LogP contribution in [0.1, 0.15) is 5.56 Å². The van der Waals surface area contributed by atoms with Crippen LogP contribution in [0, 0.1) is 0 Å². The highest BCUT2D eigenvalue weighted by Crippen LogP contribution is 2.21. The van der Waals surface area contributed by atoms with E-state index in [1.165, 1.54) is 12.1 Å². The first kappa shape index (κ1) is 13.8. The van der Waals surface area contributed by atoms with Crippen LogP contribution in [-0.4, -0.2) is 38.0 Å². The smallest absolute Gasteiger partial charge is 0.208 e. The number of hydrogen-bond acceptors (Lipinski definition) is 5. The fourth-order valence-corrected chi connectivity index (χ4v) is 1.72. The van der Waals surface area contributed by atoms with Gasteiger partial charge in [-0.1, -0.05) is 6.07 Å². The van der Waals surface area contributed by atoms with E-state index < -0.39 is 10.0 Å². The van der Waals surface area contributed by atoms with Gasteiger partial charge < -0.3 is 15.5 Å². The fraction of sp³-hybridized carbons (Fsp3) is 0.400. The second-order valence-electron chi connectivity index (χ2n) is 3.66. The Hall–Kier alpha value is -1.31. The molecule has 0 unspecified atom stereocenters. The molecule has 1 aromatic carbocycles. The van der Waals surface area contributed by atoms with E-state index in [-0.39, 0.29) is 18.0 Å². The summed E-state index contributed by atoms with van der Waals surface area (Å²) in [6.07, 6.45) is 1.10. The zero-order valence-corrected chi connectivity index (χ0v) is 10.3. The van der Waals surface area contributed by atoms with Crippen molar-refractivity contribution in [2.24, 2.45) is 0 Å². The molecular weight excluding hydrogens is 244 g/mol. The predicted molar refractivity (Wildman–Crippen MR) is 64.3 cm³/mol. The molecule has 0 aliphatic rings. The number of benzene rings is 1. The van der Waals surface area contributed by atoms with Gasteiger partial charge in [0.2, 0.25) is 10.0 Å². The molecule has 0 heterocycles. The third-order valence-electron chi connectivity index (χ3n) is 2.05. The lowest BCUT2D eigenvalue weighted by Gasteiger charge is -2.07. The maximum Gasteiger partial charge on any atom is 0.208 e. The van der Waals surface area contributed by atoms with Gasteiger partial charge in [0, 0.05) is 31.3 Å². The number of hydrogen-bond donors (Lipinski definition) is 4. The molecule has 96 valence electrons. The normalized spacial score (nSPS) is 11.6. The molecule has 0 aliphatic heterocycles. The fourth-order valence-electron chi connectivity index (χ4n) is 1.25. The van der Waals surface area contributed by atoms with Gasteiger partial charge in [-0.3, -0.25) is 0 Å². The molecule has 0 bridgehead atoms. The lowest BCUT2D eigenvalue weighted by Crippen LogP contribution is -2.30. The molecule has 0 saturated heterocycles. The molecule has 0 atom stereocenters. The second-order valence-corrected chi connectivity index (χ2v) is 5.49. The van der Waals surface area contributed by atoms with E-state index in [1.807, 2.05) is 0 Å². The minimum atomic E-state index is -3.16. The van der Waals surface area contributed by atoms with Crippen LogP contribution in [0.5, 0.6) is 11.5 Å². The Balaban J connectivity index is 2.32. The Morgan fingerprint density at radius 2 is 1.94 bits per heavy atom. The zero-order chi connectivity index (χ0) is 12.9. The molecule has 0 saturated carbocycles. The van der Waals surface area contributed by atoms with Crippen molar-refractivity contribution in [3.05, 3.63) is 23.8 Å². The van der Waals surface area contributed by atoms with E-state index in [4.69, 9.17) is 5.11 Å². The molecule has 0 spiro atoms.